The average Bonchev–Trinajstić information content (AvgIpc) is 3.16. The fourth-order valence-corrected chi connectivity index (χ4v) is 5.62. The van der Waals surface area contributed by atoms with Crippen LogP contribution < -0.4 is 0 Å². The molecule has 0 unspecified atom stereocenters. The van der Waals surface area contributed by atoms with Crippen LogP contribution >= 0.6 is 0 Å². The monoisotopic (exact) mass is 530 g/mol. The Morgan fingerprint density at radius 3 is 2.35 bits per heavy atom. The predicted molar refractivity (Wildman–Crippen MR) is 138 cm³/mol. The lowest BCUT2D eigenvalue weighted by Crippen LogP contribution is -2.49. The molecule has 0 aliphatic heterocycles. The first kappa shape index (κ1) is 28.3. The lowest BCUT2D eigenvalue weighted by molar-refractivity contribution is -0.150. The van der Waals surface area contributed by atoms with E-state index in [1.54, 1.807) is 38.4 Å². The maximum atomic E-state index is 13.7. The molecule has 0 saturated heterocycles. The van der Waals surface area contributed by atoms with Crippen LogP contribution in [0.1, 0.15) is 45.5 Å². The van der Waals surface area contributed by atoms with Gasteiger partial charge in [-0.05, 0) is 56.9 Å². The number of ether oxygens (including phenoxy) is 2. The molecule has 2 heterocycles. The topological polar surface area (TPSA) is 121 Å². The number of aryl methyl sites for hydroxylation is 1. The van der Waals surface area contributed by atoms with Crippen LogP contribution in [0.25, 0.3) is 11.0 Å². The van der Waals surface area contributed by atoms with Gasteiger partial charge in [0, 0.05) is 12.7 Å². The molecule has 1 atom stereocenters. The minimum Gasteiger partial charge on any atom is -0.465 e. The van der Waals surface area contributed by atoms with Gasteiger partial charge in [0.15, 0.2) is 0 Å². The Hall–Kier alpha value is -3.31. The first-order valence-corrected chi connectivity index (χ1v) is 13.7. The Labute approximate surface area is 217 Å². The maximum Gasteiger partial charge on any atom is 0.324 e. The largest absolute Gasteiger partial charge is 0.465 e. The Kier molecular flexibility index (Phi) is 9.39. The maximum absolute atomic E-state index is 13.7. The van der Waals surface area contributed by atoms with Gasteiger partial charge < -0.3 is 14.0 Å². The number of hydrogen-bond acceptors (Lipinski definition) is 8. The van der Waals surface area contributed by atoms with Crippen molar-refractivity contribution in [2.24, 2.45) is 5.92 Å². The molecule has 2 aromatic heterocycles. The summed E-state index contributed by atoms with van der Waals surface area (Å²) in [5.74, 6) is -0.653. The zero-order chi connectivity index (χ0) is 27.2. The molecular formula is C26H34N4O6S. The first-order valence-electron chi connectivity index (χ1n) is 12.3. The fourth-order valence-electron chi connectivity index (χ4n) is 4.09. The molecule has 37 heavy (non-hydrogen) atoms. The number of fused-ring (bicyclic) bond motifs is 1. The molecule has 3 aromatic rings. The number of hydrogen-bond donors (Lipinski definition) is 0. The zero-order valence-corrected chi connectivity index (χ0v) is 22.7. The molecule has 0 radical (unpaired) electrons. The Bertz CT molecular complexity index is 1330. The van der Waals surface area contributed by atoms with E-state index < -0.39 is 34.5 Å². The highest BCUT2D eigenvalue weighted by atomic mass is 32.2. The highest BCUT2D eigenvalue weighted by Crippen LogP contribution is 2.24. The summed E-state index contributed by atoms with van der Waals surface area (Å²) in [5, 5.41) is 0. The van der Waals surface area contributed by atoms with Crippen molar-refractivity contribution >= 4 is 33.0 Å². The third-order valence-electron chi connectivity index (χ3n) is 5.80. The van der Waals surface area contributed by atoms with Crippen molar-refractivity contribution in [1.82, 2.24) is 18.8 Å². The van der Waals surface area contributed by atoms with Gasteiger partial charge in [-0.15, -0.1) is 0 Å². The van der Waals surface area contributed by atoms with Gasteiger partial charge in [0.25, 0.3) is 0 Å². The Morgan fingerprint density at radius 2 is 1.73 bits per heavy atom. The lowest BCUT2D eigenvalue weighted by atomic mass is 10.0. The van der Waals surface area contributed by atoms with Gasteiger partial charge in [0.2, 0.25) is 10.0 Å². The molecule has 10 nitrogen and oxygen atoms in total. The predicted octanol–water partition coefficient (Wildman–Crippen LogP) is 3.32. The van der Waals surface area contributed by atoms with Crippen molar-refractivity contribution in [3.05, 3.63) is 54.1 Å². The second kappa shape index (κ2) is 12.3. The number of nitrogens with zero attached hydrogens (tertiary/aromatic N) is 4. The molecule has 0 N–H and O–H groups in total. The highest BCUT2D eigenvalue weighted by Gasteiger charge is 2.39. The summed E-state index contributed by atoms with van der Waals surface area (Å²) < 4.78 is 40.6. The number of benzene rings is 1. The van der Waals surface area contributed by atoms with Crippen molar-refractivity contribution < 1.29 is 27.5 Å². The molecule has 0 aliphatic carbocycles. The van der Waals surface area contributed by atoms with Crippen molar-refractivity contribution in [2.45, 2.75) is 58.5 Å². The minimum atomic E-state index is -4.24. The minimum absolute atomic E-state index is 0.0283. The van der Waals surface area contributed by atoms with Crippen molar-refractivity contribution in [1.29, 1.82) is 0 Å². The van der Waals surface area contributed by atoms with Crippen LogP contribution in [0, 0.1) is 12.8 Å². The molecule has 3 rings (SSSR count). The van der Waals surface area contributed by atoms with Gasteiger partial charge in [-0.1, -0.05) is 26.0 Å². The molecule has 0 amide bonds. The van der Waals surface area contributed by atoms with E-state index in [4.69, 9.17) is 9.47 Å². The molecule has 11 heteroatoms. The molecule has 0 aliphatic rings. The van der Waals surface area contributed by atoms with Crippen molar-refractivity contribution in [3.8, 4) is 0 Å². The molecule has 0 bridgehead atoms. The molecule has 0 spiro atoms. The van der Waals surface area contributed by atoms with E-state index in [0.29, 0.717) is 6.54 Å². The quantitative estimate of drug-likeness (QED) is 0.327. The normalized spacial score (nSPS) is 12.7. The molecular weight excluding hydrogens is 496 g/mol. The number of aromatic nitrogens is 3. The smallest absolute Gasteiger partial charge is 0.324 e. The molecule has 0 saturated carbocycles. The summed E-state index contributed by atoms with van der Waals surface area (Å²) in [4.78, 5) is 33.9. The number of esters is 2. The van der Waals surface area contributed by atoms with E-state index in [2.05, 4.69) is 9.97 Å². The zero-order valence-electron chi connectivity index (χ0n) is 21.9. The van der Waals surface area contributed by atoms with Crippen LogP contribution in [0.5, 0.6) is 0 Å². The van der Waals surface area contributed by atoms with Gasteiger partial charge in [0.05, 0.1) is 35.3 Å². The number of imidazole rings is 1. The SMILES string of the molecule is CCOC(=O)CN([C@@H](CC(C)C)C(=O)OCC)S(=O)(=O)c1ccc(Cn2c(C)nc3ccncc32)cc1. The number of rotatable bonds is 12. The standard InChI is InChI=1S/C26H34N4O6S/c1-6-35-25(31)17-30(23(14-18(3)4)26(32)36-7-2)37(33,34)21-10-8-20(9-11-21)16-29-19(5)28-22-12-13-27-15-24(22)29/h8-13,15,18,23H,6-7,14,16-17H2,1-5H3/t23-/m0/s1. The summed E-state index contributed by atoms with van der Waals surface area (Å²) in [6, 6.07) is 7.04. The molecule has 1 aromatic carbocycles. The second-order valence-corrected chi connectivity index (χ2v) is 10.9. The second-order valence-electron chi connectivity index (χ2n) is 9.01. The van der Waals surface area contributed by atoms with Crippen molar-refractivity contribution in [2.75, 3.05) is 19.8 Å². The molecule has 0 fully saturated rings. The van der Waals surface area contributed by atoms with E-state index >= 15 is 0 Å². The van der Waals surface area contributed by atoms with Crippen LogP contribution in [0.4, 0.5) is 0 Å². The number of sulfonamides is 1. The summed E-state index contributed by atoms with van der Waals surface area (Å²) in [6.07, 6.45) is 3.62. The highest BCUT2D eigenvalue weighted by molar-refractivity contribution is 7.89. The third-order valence-corrected chi connectivity index (χ3v) is 7.67. The van der Waals surface area contributed by atoms with Gasteiger partial charge in [-0.25, -0.2) is 13.4 Å². The third kappa shape index (κ3) is 6.72. The Balaban J connectivity index is 1.95. The fraction of sp³-hybridized carbons (Fsp3) is 0.462. The number of carbonyl (C=O) groups excluding carboxylic acids is 2. The van der Waals surface area contributed by atoms with Crippen LogP contribution in [-0.2, 0) is 35.6 Å². The average molecular weight is 531 g/mol. The van der Waals surface area contributed by atoms with Crippen LogP contribution in [0.15, 0.2) is 47.6 Å². The van der Waals surface area contributed by atoms with Crippen LogP contribution in [0.2, 0.25) is 0 Å². The van der Waals surface area contributed by atoms with E-state index in [9.17, 15) is 18.0 Å². The lowest BCUT2D eigenvalue weighted by Gasteiger charge is -2.29. The van der Waals surface area contributed by atoms with Crippen LogP contribution in [-0.4, -0.2) is 65.0 Å². The first-order chi connectivity index (χ1) is 17.6. The van der Waals surface area contributed by atoms with E-state index in [1.807, 2.05) is 31.4 Å². The van der Waals surface area contributed by atoms with Crippen molar-refractivity contribution in [3.63, 3.8) is 0 Å². The van der Waals surface area contributed by atoms with Crippen LogP contribution in [0.3, 0.4) is 0 Å². The number of carbonyl (C=O) groups is 2. The summed E-state index contributed by atoms with van der Waals surface area (Å²) in [6.45, 7) is 8.97. The van der Waals surface area contributed by atoms with E-state index in [-0.39, 0.29) is 30.4 Å². The number of pyridine rings is 1. The van der Waals surface area contributed by atoms with E-state index in [0.717, 1.165) is 26.7 Å². The summed E-state index contributed by atoms with van der Waals surface area (Å²) >= 11 is 0. The summed E-state index contributed by atoms with van der Waals surface area (Å²) in [5.41, 5.74) is 2.56. The summed E-state index contributed by atoms with van der Waals surface area (Å²) in [7, 11) is -4.24. The van der Waals surface area contributed by atoms with Gasteiger partial charge >= 0.3 is 11.9 Å². The van der Waals surface area contributed by atoms with Gasteiger partial charge in [0.1, 0.15) is 18.4 Å². The van der Waals surface area contributed by atoms with E-state index in [1.165, 1.54) is 12.1 Å². The Morgan fingerprint density at radius 1 is 1.05 bits per heavy atom. The molecule has 200 valence electrons. The van der Waals surface area contributed by atoms with Gasteiger partial charge in [-0.3, -0.25) is 14.6 Å². The van der Waals surface area contributed by atoms with Gasteiger partial charge in [-0.2, -0.15) is 4.31 Å².